The monoisotopic (exact) mass is 589 g/mol. The number of hydrogen-bond acceptors (Lipinski definition) is 5. The van der Waals surface area contributed by atoms with Gasteiger partial charge in [0, 0.05) is 26.3 Å². The van der Waals surface area contributed by atoms with Crippen LogP contribution in [-0.2, 0) is 12.8 Å². The number of likely N-dealkylation sites (N-methyl/N-ethyl adjacent to an activating group) is 1. The highest BCUT2D eigenvalue weighted by atomic mass is 16.4. The summed E-state index contributed by atoms with van der Waals surface area (Å²) in [5.41, 5.74) is 3.97. The highest BCUT2D eigenvalue weighted by molar-refractivity contribution is 6.08. The molecule has 1 saturated heterocycles. The van der Waals surface area contributed by atoms with E-state index in [2.05, 4.69) is 79.7 Å². The molecule has 0 bridgehead atoms. The second-order valence-corrected chi connectivity index (χ2v) is 11.7. The molecule has 2 atom stereocenters. The van der Waals surface area contributed by atoms with Crippen molar-refractivity contribution in [3.63, 3.8) is 0 Å². The number of nitrogens with zero attached hydrogens (tertiary/aromatic N) is 4. The molecular formula is C36H39N5O3. The van der Waals surface area contributed by atoms with Crippen LogP contribution in [0.1, 0.15) is 37.3 Å². The lowest BCUT2D eigenvalue weighted by Gasteiger charge is -2.41. The Morgan fingerprint density at radius 2 is 1.73 bits per heavy atom. The molecule has 2 unspecified atom stereocenters. The van der Waals surface area contributed by atoms with Gasteiger partial charge < -0.3 is 24.3 Å². The van der Waals surface area contributed by atoms with Crippen molar-refractivity contribution < 1.29 is 14.3 Å². The molecule has 3 aromatic carbocycles. The maximum Gasteiger partial charge on any atom is 0.407 e. The quantitative estimate of drug-likeness (QED) is 0.199. The third-order valence-corrected chi connectivity index (χ3v) is 9.04. The molecule has 1 fully saturated rings. The number of hydrogen-bond donors (Lipinski definition) is 2. The summed E-state index contributed by atoms with van der Waals surface area (Å²) in [5, 5.41) is 15.8. The zero-order valence-electron chi connectivity index (χ0n) is 25.3. The zero-order valence-corrected chi connectivity index (χ0v) is 25.3. The van der Waals surface area contributed by atoms with Gasteiger partial charge in [-0.3, -0.25) is 0 Å². The molecule has 6 aromatic rings. The number of aryl methyl sites for hydroxylation is 2. The van der Waals surface area contributed by atoms with E-state index in [1.165, 1.54) is 58.5 Å². The van der Waals surface area contributed by atoms with E-state index in [9.17, 15) is 9.90 Å². The van der Waals surface area contributed by atoms with Crippen molar-refractivity contribution in [3.8, 4) is 0 Å². The van der Waals surface area contributed by atoms with E-state index in [-0.39, 0.29) is 6.04 Å². The molecular weight excluding hydrogens is 550 g/mol. The van der Waals surface area contributed by atoms with E-state index in [1.54, 1.807) is 23.7 Å². The standard InChI is InChI=1S/C18H16.C14H19N5O2.C4H4O/c1-3-7-15-13(5-1)9-11-18-16-8-4-2-6-14(16)10-12-17(15)18;1-9-4-6-19(14(20)21)7-11(9)18(2)13-10-3-5-15-12(10)16-8-17-13;1-2-4-5-3-1/h1,3,5,7,9-12H,2,4,6,8H2;3,5,8-9,11H,4,6-7H2,1-2H3,(H,20,21)(H,15,16,17);1-4H. The molecule has 226 valence electrons. The summed E-state index contributed by atoms with van der Waals surface area (Å²) in [5.74, 6) is 1.25. The number of fused-ring (bicyclic) bond motifs is 6. The second-order valence-electron chi connectivity index (χ2n) is 11.7. The van der Waals surface area contributed by atoms with Crippen molar-refractivity contribution >= 4 is 44.5 Å². The summed E-state index contributed by atoms with van der Waals surface area (Å²) in [4.78, 5) is 26.4. The molecule has 0 radical (unpaired) electrons. The van der Waals surface area contributed by atoms with Crippen LogP contribution in [0.3, 0.4) is 0 Å². The molecule has 8 rings (SSSR count). The Kier molecular flexibility index (Phi) is 8.77. The fraction of sp³-hybridized carbons (Fsp3) is 0.306. The van der Waals surface area contributed by atoms with Gasteiger partial charge in [-0.2, -0.15) is 0 Å². The number of amides is 1. The number of benzene rings is 3. The van der Waals surface area contributed by atoms with Crippen LogP contribution in [0.5, 0.6) is 0 Å². The van der Waals surface area contributed by atoms with Crippen LogP contribution in [-0.4, -0.2) is 57.2 Å². The summed E-state index contributed by atoms with van der Waals surface area (Å²) < 4.78 is 4.58. The number of anilines is 1. The lowest BCUT2D eigenvalue weighted by Crippen LogP contribution is -2.52. The maximum atomic E-state index is 11.2. The first kappa shape index (κ1) is 29.2. The van der Waals surface area contributed by atoms with Crippen molar-refractivity contribution in [2.75, 3.05) is 25.0 Å². The first-order chi connectivity index (χ1) is 21.5. The van der Waals surface area contributed by atoms with Crippen LogP contribution < -0.4 is 4.90 Å². The summed E-state index contributed by atoms with van der Waals surface area (Å²) in [6.45, 7) is 3.27. The van der Waals surface area contributed by atoms with Gasteiger partial charge in [0.2, 0.25) is 0 Å². The van der Waals surface area contributed by atoms with Gasteiger partial charge in [-0.1, -0.05) is 55.5 Å². The van der Waals surface area contributed by atoms with Gasteiger partial charge >= 0.3 is 6.09 Å². The fourth-order valence-electron chi connectivity index (χ4n) is 6.59. The Bertz CT molecular complexity index is 1830. The summed E-state index contributed by atoms with van der Waals surface area (Å²) in [6, 6.07) is 23.7. The Morgan fingerprint density at radius 3 is 2.52 bits per heavy atom. The van der Waals surface area contributed by atoms with E-state index >= 15 is 0 Å². The lowest BCUT2D eigenvalue weighted by molar-refractivity contribution is 0.118. The molecule has 8 nitrogen and oxygen atoms in total. The third-order valence-electron chi connectivity index (χ3n) is 9.04. The number of H-pyrrole nitrogens is 1. The first-order valence-corrected chi connectivity index (χ1v) is 15.4. The van der Waals surface area contributed by atoms with Crippen LogP contribution in [0.4, 0.5) is 10.6 Å². The summed E-state index contributed by atoms with van der Waals surface area (Å²) in [7, 11) is 1.97. The van der Waals surface area contributed by atoms with Gasteiger partial charge in [-0.05, 0) is 88.9 Å². The number of rotatable bonds is 2. The number of nitrogens with one attached hydrogen (secondary N) is 1. The Labute approximate surface area is 257 Å². The van der Waals surface area contributed by atoms with Gasteiger partial charge in [-0.15, -0.1) is 0 Å². The molecule has 44 heavy (non-hydrogen) atoms. The van der Waals surface area contributed by atoms with Crippen molar-refractivity contribution in [3.05, 3.63) is 103 Å². The van der Waals surface area contributed by atoms with Gasteiger partial charge in [0.25, 0.3) is 0 Å². The molecule has 1 amide bonds. The van der Waals surface area contributed by atoms with Crippen LogP contribution in [0.25, 0.3) is 32.6 Å². The Balaban J connectivity index is 0.000000136. The molecule has 1 aliphatic carbocycles. The van der Waals surface area contributed by atoms with E-state index < -0.39 is 6.09 Å². The molecule has 4 heterocycles. The smallest absolute Gasteiger partial charge is 0.407 e. The molecule has 0 spiro atoms. The zero-order chi connectivity index (χ0) is 30.5. The molecule has 2 aliphatic rings. The molecule has 8 heteroatoms. The van der Waals surface area contributed by atoms with E-state index in [4.69, 9.17) is 0 Å². The number of furan rings is 1. The minimum Gasteiger partial charge on any atom is -0.473 e. The number of likely N-dealkylation sites (tertiary alicyclic amines) is 1. The van der Waals surface area contributed by atoms with Crippen LogP contribution in [0, 0.1) is 5.92 Å². The van der Waals surface area contributed by atoms with Gasteiger partial charge in [0.1, 0.15) is 17.8 Å². The second kappa shape index (κ2) is 13.2. The van der Waals surface area contributed by atoms with Crippen LogP contribution in [0.15, 0.2) is 96.2 Å². The van der Waals surface area contributed by atoms with E-state index in [1.807, 2.05) is 31.4 Å². The van der Waals surface area contributed by atoms with E-state index in [0.29, 0.717) is 19.0 Å². The average Bonchev–Trinajstić information content (AvgIpc) is 3.81. The van der Waals surface area contributed by atoms with Crippen LogP contribution >= 0.6 is 0 Å². The van der Waals surface area contributed by atoms with Gasteiger partial charge in [0.15, 0.2) is 0 Å². The van der Waals surface area contributed by atoms with E-state index in [0.717, 1.165) is 23.3 Å². The van der Waals surface area contributed by atoms with Crippen LogP contribution in [0.2, 0.25) is 0 Å². The topological polar surface area (TPSA) is 98.5 Å². The van der Waals surface area contributed by atoms with Gasteiger partial charge in [-0.25, -0.2) is 14.8 Å². The maximum absolute atomic E-state index is 11.2. The average molecular weight is 590 g/mol. The van der Waals surface area contributed by atoms with Crippen molar-refractivity contribution in [1.29, 1.82) is 0 Å². The number of carboxylic acid groups (broad SMARTS) is 1. The Hall–Kier alpha value is -4.85. The number of carbonyl (C=O) groups is 1. The highest BCUT2D eigenvalue weighted by Crippen LogP contribution is 2.33. The predicted octanol–water partition coefficient (Wildman–Crippen LogP) is 7.93. The SMILES string of the molecule is CC1CCN(C(=O)O)CC1N(C)c1ncnc2[nH]ccc12.c1ccc2c(c1)ccc1c3c(ccc12)CCCC3.c1ccoc1. The Morgan fingerprint density at radius 1 is 0.932 bits per heavy atom. The third kappa shape index (κ3) is 6.11. The van der Waals surface area contributed by atoms with Crippen molar-refractivity contribution in [2.24, 2.45) is 5.92 Å². The van der Waals surface area contributed by atoms with Crippen molar-refractivity contribution in [1.82, 2.24) is 19.9 Å². The highest BCUT2D eigenvalue weighted by Gasteiger charge is 2.32. The number of aromatic nitrogens is 3. The molecule has 2 N–H and O–H groups in total. The minimum atomic E-state index is -0.852. The van der Waals surface area contributed by atoms with Gasteiger partial charge in [0.05, 0.1) is 24.0 Å². The lowest BCUT2D eigenvalue weighted by atomic mass is 9.86. The minimum absolute atomic E-state index is 0.114. The fourth-order valence-corrected chi connectivity index (χ4v) is 6.59. The molecule has 1 aliphatic heterocycles. The predicted molar refractivity (Wildman–Crippen MR) is 176 cm³/mol. The largest absolute Gasteiger partial charge is 0.473 e. The normalized spacial score (nSPS) is 17.7. The first-order valence-electron chi connectivity index (χ1n) is 15.4. The molecule has 3 aromatic heterocycles. The summed E-state index contributed by atoms with van der Waals surface area (Å²) in [6.07, 6.45) is 11.9. The summed E-state index contributed by atoms with van der Waals surface area (Å²) >= 11 is 0. The number of aromatic amines is 1. The number of piperidine rings is 1. The molecule has 0 saturated carbocycles. The van der Waals surface area contributed by atoms with Crippen molar-refractivity contribution in [2.45, 2.75) is 45.1 Å².